The average molecular weight is 218 g/mol. The van der Waals surface area contributed by atoms with Gasteiger partial charge in [0.1, 0.15) is 0 Å². The van der Waals surface area contributed by atoms with E-state index < -0.39 is 5.97 Å². The first-order valence-electron chi connectivity index (χ1n) is 4.67. The van der Waals surface area contributed by atoms with Crippen molar-refractivity contribution >= 4 is 17.0 Å². The summed E-state index contributed by atoms with van der Waals surface area (Å²) in [7, 11) is 1.50. The number of carboxylic acid groups (broad SMARTS) is 1. The van der Waals surface area contributed by atoms with Gasteiger partial charge in [-0.2, -0.15) is 4.98 Å². The van der Waals surface area contributed by atoms with Gasteiger partial charge >= 0.3 is 5.97 Å². The quantitative estimate of drug-likeness (QED) is 0.829. The SMILES string of the molecule is COc1ccc2c(C(=O)O)cc(C)nc2n1. The van der Waals surface area contributed by atoms with Gasteiger partial charge in [0.15, 0.2) is 5.65 Å². The summed E-state index contributed by atoms with van der Waals surface area (Å²) >= 11 is 0. The number of hydrogen-bond donors (Lipinski definition) is 1. The van der Waals surface area contributed by atoms with E-state index in [0.29, 0.717) is 22.6 Å². The van der Waals surface area contributed by atoms with E-state index in [9.17, 15) is 4.79 Å². The van der Waals surface area contributed by atoms with Gasteiger partial charge < -0.3 is 9.84 Å². The number of ether oxygens (including phenoxy) is 1. The fraction of sp³-hybridized carbons (Fsp3) is 0.182. The van der Waals surface area contributed by atoms with Crippen LogP contribution in [0.5, 0.6) is 5.88 Å². The first-order valence-corrected chi connectivity index (χ1v) is 4.67. The maximum atomic E-state index is 11.0. The van der Waals surface area contributed by atoms with Crippen molar-refractivity contribution in [1.82, 2.24) is 9.97 Å². The second kappa shape index (κ2) is 3.77. The van der Waals surface area contributed by atoms with Crippen LogP contribution < -0.4 is 4.74 Å². The molecule has 16 heavy (non-hydrogen) atoms. The molecule has 0 amide bonds. The van der Waals surface area contributed by atoms with Crippen molar-refractivity contribution in [2.24, 2.45) is 0 Å². The van der Waals surface area contributed by atoms with Gasteiger partial charge in [-0.15, -0.1) is 0 Å². The lowest BCUT2D eigenvalue weighted by Crippen LogP contribution is -2.01. The number of carbonyl (C=O) groups is 1. The Labute approximate surface area is 91.7 Å². The van der Waals surface area contributed by atoms with Gasteiger partial charge in [-0.05, 0) is 19.1 Å². The summed E-state index contributed by atoms with van der Waals surface area (Å²) < 4.78 is 4.96. The number of hydrogen-bond acceptors (Lipinski definition) is 4. The minimum atomic E-state index is -0.984. The Morgan fingerprint density at radius 2 is 2.12 bits per heavy atom. The van der Waals surface area contributed by atoms with Crippen LogP contribution in [-0.2, 0) is 0 Å². The summed E-state index contributed by atoms with van der Waals surface area (Å²) in [6, 6.07) is 4.79. The number of aromatic carboxylic acids is 1. The molecule has 0 aliphatic rings. The van der Waals surface area contributed by atoms with Crippen molar-refractivity contribution < 1.29 is 14.6 Å². The lowest BCUT2D eigenvalue weighted by Gasteiger charge is -2.04. The van der Waals surface area contributed by atoms with Crippen LogP contribution >= 0.6 is 0 Å². The Kier molecular flexibility index (Phi) is 2.44. The first-order chi connectivity index (χ1) is 7.61. The van der Waals surface area contributed by atoms with Gasteiger partial charge in [-0.1, -0.05) is 0 Å². The molecule has 2 rings (SSSR count). The molecule has 0 aliphatic carbocycles. The maximum absolute atomic E-state index is 11.0. The molecule has 2 aromatic rings. The summed E-state index contributed by atoms with van der Waals surface area (Å²) in [6.07, 6.45) is 0. The van der Waals surface area contributed by atoms with Crippen molar-refractivity contribution in [3.8, 4) is 5.88 Å². The smallest absolute Gasteiger partial charge is 0.336 e. The van der Waals surface area contributed by atoms with Crippen LogP contribution in [0.1, 0.15) is 16.1 Å². The van der Waals surface area contributed by atoms with Gasteiger partial charge in [-0.3, -0.25) is 0 Å². The van der Waals surface area contributed by atoms with E-state index in [-0.39, 0.29) is 5.56 Å². The van der Waals surface area contributed by atoms with E-state index in [1.54, 1.807) is 19.1 Å². The van der Waals surface area contributed by atoms with Crippen molar-refractivity contribution in [2.75, 3.05) is 7.11 Å². The zero-order chi connectivity index (χ0) is 11.7. The fourth-order valence-corrected chi connectivity index (χ4v) is 1.50. The van der Waals surface area contributed by atoms with Crippen LogP contribution in [0.3, 0.4) is 0 Å². The highest BCUT2D eigenvalue weighted by atomic mass is 16.5. The van der Waals surface area contributed by atoms with Crippen LogP contribution in [0.4, 0.5) is 0 Å². The molecule has 1 N–H and O–H groups in total. The van der Waals surface area contributed by atoms with Gasteiger partial charge in [0.25, 0.3) is 0 Å². The number of aromatic nitrogens is 2. The van der Waals surface area contributed by atoms with Crippen molar-refractivity contribution in [3.05, 3.63) is 29.5 Å². The van der Waals surface area contributed by atoms with Crippen molar-refractivity contribution in [2.45, 2.75) is 6.92 Å². The predicted octanol–water partition coefficient (Wildman–Crippen LogP) is 1.65. The molecular formula is C11H10N2O3. The second-order valence-electron chi connectivity index (χ2n) is 3.34. The highest BCUT2D eigenvalue weighted by Gasteiger charge is 2.11. The summed E-state index contributed by atoms with van der Waals surface area (Å²) in [5, 5.41) is 9.56. The third kappa shape index (κ3) is 1.67. The average Bonchev–Trinajstić information content (AvgIpc) is 2.26. The van der Waals surface area contributed by atoms with E-state index in [4.69, 9.17) is 9.84 Å². The van der Waals surface area contributed by atoms with Crippen molar-refractivity contribution in [3.63, 3.8) is 0 Å². The molecule has 0 bridgehead atoms. The van der Waals surface area contributed by atoms with Gasteiger partial charge in [-0.25, -0.2) is 9.78 Å². The summed E-state index contributed by atoms with van der Waals surface area (Å²) in [5.74, 6) is -0.565. The molecule has 5 heteroatoms. The van der Waals surface area contributed by atoms with E-state index in [1.807, 2.05) is 0 Å². The Balaban J connectivity index is 2.78. The Bertz CT molecular complexity index is 566. The molecule has 0 saturated heterocycles. The summed E-state index contributed by atoms with van der Waals surface area (Å²) in [6.45, 7) is 1.73. The molecule has 82 valence electrons. The van der Waals surface area contributed by atoms with Crippen LogP contribution in [-0.4, -0.2) is 28.2 Å². The maximum Gasteiger partial charge on any atom is 0.336 e. The molecule has 0 spiro atoms. The molecular weight excluding hydrogens is 208 g/mol. The van der Waals surface area contributed by atoms with Gasteiger partial charge in [0.05, 0.1) is 12.7 Å². The van der Waals surface area contributed by atoms with E-state index in [0.717, 1.165) is 0 Å². The number of carboxylic acids is 1. The number of pyridine rings is 2. The first kappa shape index (κ1) is 10.4. The largest absolute Gasteiger partial charge is 0.481 e. The number of rotatable bonds is 2. The number of nitrogens with zero attached hydrogens (tertiary/aromatic N) is 2. The fourth-order valence-electron chi connectivity index (χ4n) is 1.50. The molecule has 0 atom stereocenters. The molecule has 0 unspecified atom stereocenters. The second-order valence-corrected chi connectivity index (χ2v) is 3.34. The minimum absolute atomic E-state index is 0.206. The molecule has 0 radical (unpaired) electrons. The zero-order valence-electron chi connectivity index (χ0n) is 8.89. The highest BCUT2D eigenvalue weighted by Crippen LogP contribution is 2.19. The molecule has 0 aromatic carbocycles. The van der Waals surface area contributed by atoms with E-state index >= 15 is 0 Å². The van der Waals surface area contributed by atoms with Crippen LogP contribution in [0.2, 0.25) is 0 Å². The highest BCUT2D eigenvalue weighted by molar-refractivity contribution is 6.01. The van der Waals surface area contributed by atoms with E-state index in [1.165, 1.54) is 13.2 Å². The Hall–Kier alpha value is -2.17. The van der Waals surface area contributed by atoms with Crippen LogP contribution in [0, 0.1) is 6.92 Å². The van der Waals surface area contributed by atoms with Gasteiger partial charge in [0, 0.05) is 17.1 Å². The molecule has 2 aromatic heterocycles. The molecule has 0 fully saturated rings. The van der Waals surface area contributed by atoms with Crippen molar-refractivity contribution in [1.29, 1.82) is 0 Å². The normalized spacial score (nSPS) is 10.4. The number of aryl methyl sites for hydroxylation is 1. The van der Waals surface area contributed by atoms with Crippen LogP contribution in [0.25, 0.3) is 11.0 Å². The minimum Gasteiger partial charge on any atom is -0.481 e. The van der Waals surface area contributed by atoms with E-state index in [2.05, 4.69) is 9.97 Å². The lowest BCUT2D eigenvalue weighted by atomic mass is 10.1. The summed E-state index contributed by atoms with van der Waals surface area (Å²) in [5.41, 5.74) is 1.21. The monoisotopic (exact) mass is 218 g/mol. The third-order valence-electron chi connectivity index (χ3n) is 2.21. The molecule has 2 heterocycles. The third-order valence-corrected chi connectivity index (χ3v) is 2.21. The lowest BCUT2D eigenvalue weighted by molar-refractivity contribution is 0.0699. The van der Waals surface area contributed by atoms with Gasteiger partial charge in [0.2, 0.25) is 5.88 Å². The topological polar surface area (TPSA) is 72.3 Å². The standard InChI is InChI=1S/C11H10N2O3/c1-6-5-8(11(14)15)7-3-4-9(16-2)13-10(7)12-6/h3-5H,1-2H3,(H,14,15). The predicted molar refractivity (Wildman–Crippen MR) is 57.8 cm³/mol. The number of methoxy groups -OCH3 is 1. The Morgan fingerprint density at radius 1 is 1.38 bits per heavy atom. The summed E-state index contributed by atoms with van der Waals surface area (Å²) in [4.78, 5) is 19.3. The molecule has 0 aliphatic heterocycles. The Morgan fingerprint density at radius 3 is 2.75 bits per heavy atom. The zero-order valence-corrected chi connectivity index (χ0v) is 8.89. The number of fused-ring (bicyclic) bond motifs is 1. The molecule has 5 nitrogen and oxygen atoms in total. The molecule has 0 saturated carbocycles. The van der Waals surface area contributed by atoms with Crippen LogP contribution in [0.15, 0.2) is 18.2 Å².